The van der Waals surface area contributed by atoms with E-state index in [9.17, 15) is 5.11 Å². The molecule has 3 heteroatoms. The van der Waals surface area contributed by atoms with Crippen molar-refractivity contribution in [2.45, 2.75) is 32.3 Å². The molecule has 0 spiro atoms. The third kappa shape index (κ3) is 2.84. The Labute approximate surface area is 121 Å². The summed E-state index contributed by atoms with van der Waals surface area (Å²) in [4.78, 5) is 2.43. The third-order valence-electron chi connectivity index (χ3n) is 4.81. The van der Waals surface area contributed by atoms with Crippen LogP contribution in [0.1, 0.15) is 37.9 Å². The third-order valence-corrected chi connectivity index (χ3v) is 4.81. The van der Waals surface area contributed by atoms with Gasteiger partial charge in [-0.1, -0.05) is 24.6 Å². The van der Waals surface area contributed by atoms with E-state index in [0.29, 0.717) is 6.61 Å². The molecule has 1 aromatic carbocycles. The molecule has 2 fully saturated rings. The van der Waals surface area contributed by atoms with Crippen LogP contribution in [0, 0.1) is 11.8 Å². The van der Waals surface area contributed by atoms with Gasteiger partial charge in [0.2, 0.25) is 0 Å². The van der Waals surface area contributed by atoms with Crippen LogP contribution in [0.5, 0.6) is 5.75 Å². The van der Waals surface area contributed by atoms with E-state index in [0.717, 1.165) is 29.7 Å². The minimum atomic E-state index is -0.448. The standard InChI is InChI=1S/C17H25NO2/c1-2-20-17-9-4-3-8-15(17)16(19)12-18-10-13-6-5-7-14(13)11-18/h3-4,8-9,13-14,16,19H,2,5-7,10-12H2,1H3. The van der Waals surface area contributed by atoms with Gasteiger partial charge in [0, 0.05) is 25.2 Å². The second kappa shape index (κ2) is 6.15. The summed E-state index contributed by atoms with van der Waals surface area (Å²) in [6.07, 6.45) is 3.72. The zero-order valence-electron chi connectivity index (χ0n) is 12.3. The van der Waals surface area contributed by atoms with Crippen molar-refractivity contribution in [2.75, 3.05) is 26.2 Å². The predicted molar refractivity (Wildman–Crippen MR) is 79.8 cm³/mol. The van der Waals surface area contributed by atoms with Crippen LogP contribution in [0.4, 0.5) is 0 Å². The molecule has 0 radical (unpaired) electrons. The van der Waals surface area contributed by atoms with Crippen molar-refractivity contribution in [3.05, 3.63) is 29.8 Å². The quantitative estimate of drug-likeness (QED) is 0.897. The van der Waals surface area contributed by atoms with Gasteiger partial charge in [-0.05, 0) is 37.7 Å². The Kier molecular flexibility index (Phi) is 4.27. The lowest BCUT2D eigenvalue weighted by atomic mass is 10.0. The number of likely N-dealkylation sites (tertiary alicyclic amines) is 1. The Balaban J connectivity index is 1.63. The normalized spacial score (nSPS) is 27.5. The molecule has 3 nitrogen and oxygen atoms in total. The van der Waals surface area contributed by atoms with Gasteiger partial charge in [-0.25, -0.2) is 0 Å². The summed E-state index contributed by atoms with van der Waals surface area (Å²) in [5.74, 6) is 2.58. The molecule has 0 amide bonds. The summed E-state index contributed by atoms with van der Waals surface area (Å²) < 4.78 is 5.62. The minimum absolute atomic E-state index is 0.448. The molecule has 3 rings (SSSR count). The van der Waals surface area contributed by atoms with E-state index in [1.807, 2.05) is 31.2 Å². The van der Waals surface area contributed by atoms with Gasteiger partial charge < -0.3 is 9.84 Å². The molecule has 110 valence electrons. The van der Waals surface area contributed by atoms with Gasteiger partial charge in [0.1, 0.15) is 5.75 Å². The van der Waals surface area contributed by atoms with Crippen LogP contribution in [-0.4, -0.2) is 36.2 Å². The highest BCUT2D eigenvalue weighted by molar-refractivity contribution is 5.35. The van der Waals surface area contributed by atoms with E-state index < -0.39 is 6.10 Å². The molecular formula is C17H25NO2. The number of hydrogen-bond acceptors (Lipinski definition) is 3. The van der Waals surface area contributed by atoms with E-state index in [2.05, 4.69) is 4.90 Å². The Morgan fingerprint density at radius 1 is 1.25 bits per heavy atom. The monoisotopic (exact) mass is 275 g/mol. The van der Waals surface area contributed by atoms with Crippen LogP contribution >= 0.6 is 0 Å². The highest BCUT2D eigenvalue weighted by Crippen LogP contribution is 2.38. The molecule has 1 N–H and O–H groups in total. The Hall–Kier alpha value is -1.06. The maximum atomic E-state index is 10.5. The molecular weight excluding hydrogens is 250 g/mol. The number of rotatable bonds is 5. The van der Waals surface area contributed by atoms with Crippen molar-refractivity contribution in [3.63, 3.8) is 0 Å². The summed E-state index contributed by atoms with van der Waals surface area (Å²) in [5, 5.41) is 10.5. The molecule has 0 bridgehead atoms. The topological polar surface area (TPSA) is 32.7 Å². The van der Waals surface area contributed by atoms with Crippen molar-refractivity contribution < 1.29 is 9.84 Å². The summed E-state index contributed by atoms with van der Waals surface area (Å²) in [5.41, 5.74) is 0.923. The fourth-order valence-electron chi connectivity index (χ4n) is 3.87. The van der Waals surface area contributed by atoms with Crippen LogP contribution in [0.15, 0.2) is 24.3 Å². The number of aliphatic hydroxyl groups excluding tert-OH is 1. The van der Waals surface area contributed by atoms with Gasteiger partial charge in [0.05, 0.1) is 12.7 Å². The van der Waals surface area contributed by atoms with E-state index in [-0.39, 0.29) is 0 Å². The first kappa shape index (κ1) is 13.9. The van der Waals surface area contributed by atoms with Crippen molar-refractivity contribution in [1.29, 1.82) is 0 Å². The largest absolute Gasteiger partial charge is 0.493 e. The summed E-state index contributed by atoms with van der Waals surface area (Å²) in [6, 6.07) is 7.86. The number of fused-ring (bicyclic) bond motifs is 1. The Bertz CT molecular complexity index is 436. The van der Waals surface area contributed by atoms with Crippen molar-refractivity contribution in [1.82, 2.24) is 4.90 Å². The Morgan fingerprint density at radius 2 is 1.95 bits per heavy atom. The van der Waals surface area contributed by atoms with Gasteiger partial charge >= 0.3 is 0 Å². The summed E-state index contributed by atoms with van der Waals surface area (Å²) in [7, 11) is 0. The van der Waals surface area contributed by atoms with Gasteiger partial charge in [-0.2, -0.15) is 0 Å². The minimum Gasteiger partial charge on any atom is -0.493 e. The van der Waals surface area contributed by atoms with Gasteiger partial charge in [-0.3, -0.25) is 4.90 Å². The van der Waals surface area contributed by atoms with Crippen LogP contribution < -0.4 is 4.74 Å². The molecule has 1 aliphatic carbocycles. The van der Waals surface area contributed by atoms with Crippen LogP contribution in [0.25, 0.3) is 0 Å². The molecule has 20 heavy (non-hydrogen) atoms. The molecule has 0 aromatic heterocycles. The molecule has 1 heterocycles. The number of hydrogen-bond donors (Lipinski definition) is 1. The number of ether oxygens (including phenoxy) is 1. The van der Waals surface area contributed by atoms with Crippen molar-refractivity contribution in [2.24, 2.45) is 11.8 Å². The van der Waals surface area contributed by atoms with Crippen LogP contribution in [-0.2, 0) is 0 Å². The van der Waals surface area contributed by atoms with E-state index in [4.69, 9.17) is 4.74 Å². The SMILES string of the molecule is CCOc1ccccc1C(O)CN1CC2CCCC2C1. The summed E-state index contributed by atoms with van der Waals surface area (Å²) in [6.45, 7) is 5.68. The zero-order chi connectivity index (χ0) is 13.9. The average molecular weight is 275 g/mol. The Morgan fingerprint density at radius 3 is 2.65 bits per heavy atom. The molecule has 1 saturated carbocycles. The van der Waals surface area contributed by atoms with Crippen molar-refractivity contribution >= 4 is 0 Å². The number of β-amino-alcohol motifs (C(OH)–C–C–N with tert-alkyl or cyclic N) is 1. The average Bonchev–Trinajstić information content (AvgIpc) is 3.00. The van der Waals surface area contributed by atoms with E-state index in [1.54, 1.807) is 0 Å². The number of para-hydroxylation sites is 1. The first-order valence-corrected chi connectivity index (χ1v) is 7.90. The van der Waals surface area contributed by atoms with Crippen LogP contribution in [0.3, 0.4) is 0 Å². The maximum absolute atomic E-state index is 10.5. The predicted octanol–water partition coefficient (Wildman–Crippen LogP) is 2.85. The molecule has 3 unspecified atom stereocenters. The molecule has 1 aliphatic heterocycles. The lowest BCUT2D eigenvalue weighted by molar-refractivity contribution is 0.118. The second-order valence-electron chi connectivity index (χ2n) is 6.16. The smallest absolute Gasteiger partial charge is 0.125 e. The molecule has 3 atom stereocenters. The van der Waals surface area contributed by atoms with Gasteiger partial charge in [0.25, 0.3) is 0 Å². The highest BCUT2D eigenvalue weighted by Gasteiger charge is 2.36. The first-order valence-electron chi connectivity index (χ1n) is 7.90. The number of aliphatic hydroxyl groups is 1. The fraction of sp³-hybridized carbons (Fsp3) is 0.647. The van der Waals surface area contributed by atoms with Crippen molar-refractivity contribution in [3.8, 4) is 5.75 Å². The highest BCUT2D eigenvalue weighted by atomic mass is 16.5. The maximum Gasteiger partial charge on any atom is 0.125 e. The van der Waals surface area contributed by atoms with Crippen LogP contribution in [0.2, 0.25) is 0 Å². The lowest BCUT2D eigenvalue weighted by Gasteiger charge is -2.22. The first-order chi connectivity index (χ1) is 9.78. The molecule has 2 aliphatic rings. The van der Waals surface area contributed by atoms with E-state index >= 15 is 0 Å². The fourth-order valence-corrected chi connectivity index (χ4v) is 3.87. The second-order valence-corrected chi connectivity index (χ2v) is 6.16. The van der Waals surface area contributed by atoms with Gasteiger partial charge in [0.15, 0.2) is 0 Å². The van der Waals surface area contributed by atoms with E-state index in [1.165, 1.54) is 32.4 Å². The molecule has 1 aromatic rings. The molecule has 1 saturated heterocycles. The summed E-state index contributed by atoms with van der Waals surface area (Å²) >= 11 is 0. The number of benzene rings is 1. The lowest BCUT2D eigenvalue weighted by Crippen LogP contribution is -2.27. The van der Waals surface area contributed by atoms with Gasteiger partial charge in [-0.15, -0.1) is 0 Å². The zero-order valence-corrected chi connectivity index (χ0v) is 12.3. The number of nitrogens with zero attached hydrogens (tertiary/aromatic N) is 1.